The van der Waals surface area contributed by atoms with Gasteiger partial charge < -0.3 is 10.2 Å². The number of nitrogens with two attached hydrogens (primary N) is 1. The summed E-state index contributed by atoms with van der Waals surface area (Å²) in [5.74, 6) is 0.955. The first-order chi connectivity index (χ1) is 11.6. The summed E-state index contributed by atoms with van der Waals surface area (Å²) in [4.78, 5) is 4.34. The molecule has 0 radical (unpaired) electrons. The molecule has 3 nitrogen and oxygen atoms in total. The van der Waals surface area contributed by atoms with Crippen molar-refractivity contribution in [3.63, 3.8) is 0 Å². The highest BCUT2D eigenvalue weighted by molar-refractivity contribution is 7.22. The van der Waals surface area contributed by atoms with Crippen LogP contribution in [0.2, 0.25) is 18.1 Å². The fraction of sp³-hybridized carbons (Fsp3) is 0.350. The lowest BCUT2D eigenvalue weighted by atomic mass is 10.0. The standard InChI is InChI=1S/C20H26N2OSSi/c1-13-7-9-15(23-25(5,6)20(2,3)4)12-16(13)14-8-10-17-18(11-14)24-19(21)22-17/h7-12H,1-6H3,(H2,21,22). The van der Waals surface area contributed by atoms with Gasteiger partial charge in [-0.3, -0.25) is 0 Å². The monoisotopic (exact) mass is 370 g/mol. The summed E-state index contributed by atoms with van der Waals surface area (Å²) >= 11 is 1.53. The highest BCUT2D eigenvalue weighted by atomic mass is 32.1. The maximum atomic E-state index is 6.48. The third-order valence-corrected chi connectivity index (χ3v) is 10.3. The number of hydrogen-bond donors (Lipinski definition) is 1. The van der Waals surface area contributed by atoms with Crippen molar-refractivity contribution in [3.8, 4) is 16.9 Å². The van der Waals surface area contributed by atoms with Crippen LogP contribution < -0.4 is 10.2 Å². The van der Waals surface area contributed by atoms with Crippen molar-refractivity contribution in [1.29, 1.82) is 0 Å². The van der Waals surface area contributed by atoms with E-state index in [1.54, 1.807) is 0 Å². The first-order valence-corrected chi connectivity index (χ1v) is 12.3. The maximum absolute atomic E-state index is 6.48. The average molecular weight is 371 g/mol. The van der Waals surface area contributed by atoms with E-state index in [0.717, 1.165) is 16.0 Å². The number of fused-ring (bicyclic) bond motifs is 1. The van der Waals surface area contributed by atoms with Crippen molar-refractivity contribution in [2.75, 3.05) is 5.73 Å². The maximum Gasteiger partial charge on any atom is 0.250 e. The zero-order valence-corrected chi connectivity index (χ0v) is 17.6. The molecule has 0 unspecified atom stereocenters. The van der Waals surface area contributed by atoms with Crippen molar-refractivity contribution in [2.24, 2.45) is 0 Å². The summed E-state index contributed by atoms with van der Waals surface area (Å²) in [5, 5.41) is 0.788. The first kappa shape index (κ1) is 18.0. The number of nitrogen functional groups attached to an aromatic ring is 1. The molecule has 0 fully saturated rings. The molecule has 3 rings (SSSR count). The summed E-state index contributed by atoms with van der Waals surface area (Å²) in [6.07, 6.45) is 0. The molecule has 0 atom stereocenters. The van der Waals surface area contributed by atoms with Crippen LogP contribution in [0.4, 0.5) is 5.13 Å². The number of rotatable bonds is 3. The highest BCUT2D eigenvalue weighted by Crippen LogP contribution is 2.39. The van der Waals surface area contributed by atoms with Crippen LogP contribution in [0, 0.1) is 6.92 Å². The van der Waals surface area contributed by atoms with Crippen molar-refractivity contribution < 1.29 is 4.43 Å². The van der Waals surface area contributed by atoms with Gasteiger partial charge in [-0.1, -0.05) is 44.2 Å². The molecule has 0 spiro atoms. The lowest BCUT2D eigenvalue weighted by Crippen LogP contribution is -2.43. The van der Waals surface area contributed by atoms with Gasteiger partial charge in [-0.05, 0) is 66.0 Å². The number of hydrogen-bond acceptors (Lipinski definition) is 4. The van der Waals surface area contributed by atoms with E-state index in [1.807, 2.05) is 6.07 Å². The van der Waals surface area contributed by atoms with Crippen molar-refractivity contribution >= 4 is 35.0 Å². The van der Waals surface area contributed by atoms with Crippen LogP contribution in [0.5, 0.6) is 5.75 Å². The molecular weight excluding hydrogens is 344 g/mol. The molecule has 0 bridgehead atoms. The zero-order chi connectivity index (χ0) is 18.4. The molecule has 5 heteroatoms. The zero-order valence-electron chi connectivity index (χ0n) is 15.8. The van der Waals surface area contributed by atoms with Gasteiger partial charge in [-0.25, -0.2) is 4.98 Å². The quantitative estimate of drug-likeness (QED) is 0.555. The van der Waals surface area contributed by atoms with Crippen LogP contribution >= 0.6 is 11.3 Å². The van der Waals surface area contributed by atoms with Crippen LogP contribution in [-0.4, -0.2) is 13.3 Å². The second kappa shape index (κ2) is 6.14. The second-order valence-electron chi connectivity index (χ2n) is 8.07. The van der Waals surface area contributed by atoms with Gasteiger partial charge in [0.15, 0.2) is 5.13 Å². The Kier molecular flexibility index (Phi) is 4.41. The number of benzene rings is 2. The predicted octanol–water partition coefficient (Wildman–Crippen LogP) is 6.24. The fourth-order valence-electron chi connectivity index (χ4n) is 2.53. The number of thiazole rings is 1. The third kappa shape index (κ3) is 3.57. The van der Waals surface area contributed by atoms with E-state index in [9.17, 15) is 0 Å². The van der Waals surface area contributed by atoms with E-state index in [-0.39, 0.29) is 5.04 Å². The summed E-state index contributed by atoms with van der Waals surface area (Å²) in [6, 6.07) is 12.7. The molecule has 0 saturated heterocycles. The smallest absolute Gasteiger partial charge is 0.250 e. The van der Waals surface area contributed by atoms with Gasteiger partial charge in [0, 0.05) is 0 Å². The van der Waals surface area contributed by atoms with Crippen molar-refractivity contribution in [2.45, 2.75) is 45.8 Å². The Hall–Kier alpha value is -1.85. The van der Waals surface area contributed by atoms with Crippen LogP contribution in [0.3, 0.4) is 0 Å². The number of anilines is 1. The normalized spacial score (nSPS) is 12.6. The molecule has 25 heavy (non-hydrogen) atoms. The molecule has 0 aliphatic rings. The summed E-state index contributed by atoms with van der Waals surface area (Å²) < 4.78 is 7.60. The van der Waals surface area contributed by atoms with E-state index in [2.05, 4.69) is 76.1 Å². The van der Waals surface area contributed by atoms with Crippen molar-refractivity contribution in [1.82, 2.24) is 4.98 Å². The minimum absolute atomic E-state index is 0.178. The minimum Gasteiger partial charge on any atom is -0.543 e. The van der Waals surface area contributed by atoms with E-state index in [0.29, 0.717) is 5.13 Å². The van der Waals surface area contributed by atoms with E-state index >= 15 is 0 Å². The van der Waals surface area contributed by atoms with Crippen molar-refractivity contribution in [3.05, 3.63) is 42.0 Å². The lowest BCUT2D eigenvalue weighted by Gasteiger charge is -2.36. The Morgan fingerprint density at radius 3 is 2.48 bits per heavy atom. The topological polar surface area (TPSA) is 48.1 Å². The number of nitrogens with zero attached hydrogens (tertiary/aromatic N) is 1. The van der Waals surface area contributed by atoms with Gasteiger partial charge in [-0.2, -0.15) is 0 Å². The molecular formula is C20H26N2OSSi. The largest absolute Gasteiger partial charge is 0.543 e. The number of aromatic nitrogens is 1. The SMILES string of the molecule is Cc1ccc(O[Si](C)(C)C(C)(C)C)cc1-c1ccc2nc(N)sc2c1. The summed E-state index contributed by atoms with van der Waals surface area (Å²) in [5.41, 5.74) is 10.4. The van der Waals surface area contributed by atoms with Crippen LogP contribution in [0.1, 0.15) is 26.3 Å². The van der Waals surface area contributed by atoms with Gasteiger partial charge in [0.05, 0.1) is 10.2 Å². The van der Waals surface area contributed by atoms with Crippen LogP contribution in [0.15, 0.2) is 36.4 Å². The van der Waals surface area contributed by atoms with Crippen LogP contribution in [-0.2, 0) is 0 Å². The average Bonchev–Trinajstić information content (AvgIpc) is 2.87. The van der Waals surface area contributed by atoms with E-state index < -0.39 is 8.32 Å². The van der Waals surface area contributed by atoms with Gasteiger partial charge in [-0.15, -0.1) is 0 Å². The lowest BCUT2D eigenvalue weighted by molar-refractivity contribution is 0.492. The predicted molar refractivity (Wildman–Crippen MR) is 112 cm³/mol. The molecule has 0 aliphatic carbocycles. The minimum atomic E-state index is -1.85. The van der Waals surface area contributed by atoms with E-state index in [4.69, 9.17) is 10.2 Å². The fourth-order valence-corrected chi connectivity index (χ4v) is 4.33. The molecule has 0 aliphatic heterocycles. The van der Waals surface area contributed by atoms with Gasteiger partial charge in [0.2, 0.25) is 8.32 Å². The van der Waals surface area contributed by atoms with Crippen LogP contribution in [0.25, 0.3) is 21.3 Å². The Labute approximate surface area is 155 Å². The summed E-state index contributed by atoms with van der Waals surface area (Å²) in [6.45, 7) is 13.5. The molecule has 1 aromatic heterocycles. The molecule has 0 amide bonds. The highest BCUT2D eigenvalue weighted by Gasteiger charge is 2.39. The van der Waals surface area contributed by atoms with Gasteiger partial charge >= 0.3 is 0 Å². The molecule has 0 saturated carbocycles. The molecule has 3 aromatic rings. The second-order valence-corrected chi connectivity index (χ2v) is 13.9. The number of aryl methyl sites for hydroxylation is 1. The summed E-state index contributed by atoms with van der Waals surface area (Å²) in [7, 11) is -1.85. The molecule has 132 valence electrons. The Bertz CT molecular complexity index is 925. The third-order valence-electron chi connectivity index (χ3n) is 5.10. The van der Waals surface area contributed by atoms with Gasteiger partial charge in [0.25, 0.3) is 0 Å². The molecule has 1 heterocycles. The van der Waals surface area contributed by atoms with E-state index in [1.165, 1.54) is 28.0 Å². The van der Waals surface area contributed by atoms with Gasteiger partial charge in [0.1, 0.15) is 5.75 Å². The Morgan fingerprint density at radius 2 is 1.80 bits per heavy atom. The molecule has 2 aromatic carbocycles. The Morgan fingerprint density at radius 1 is 1.08 bits per heavy atom. The molecule has 2 N–H and O–H groups in total. The first-order valence-electron chi connectivity index (χ1n) is 8.53. The Balaban J connectivity index is 2.01.